The molecule has 33 heavy (non-hydrogen) atoms. The first-order valence-electron chi connectivity index (χ1n) is 10.5. The van der Waals surface area contributed by atoms with Crippen molar-refractivity contribution in [1.82, 2.24) is 9.21 Å². The Labute approximate surface area is 191 Å². The predicted molar refractivity (Wildman–Crippen MR) is 122 cm³/mol. The van der Waals surface area contributed by atoms with E-state index in [-0.39, 0.29) is 48.1 Å². The van der Waals surface area contributed by atoms with Crippen LogP contribution in [0.25, 0.3) is 0 Å². The lowest BCUT2D eigenvalue weighted by molar-refractivity contribution is -0.384. The molecule has 0 radical (unpaired) electrons. The molecule has 178 valence electrons. The van der Waals surface area contributed by atoms with Crippen molar-refractivity contribution >= 4 is 33.1 Å². The summed E-state index contributed by atoms with van der Waals surface area (Å²) in [6, 6.07) is 9.26. The number of benzene rings is 2. The van der Waals surface area contributed by atoms with Gasteiger partial charge in [0, 0.05) is 45.3 Å². The largest absolute Gasteiger partial charge is 0.362 e. The molecule has 0 aliphatic carbocycles. The Morgan fingerprint density at radius 3 is 2.33 bits per heavy atom. The van der Waals surface area contributed by atoms with Gasteiger partial charge in [0.25, 0.3) is 5.69 Å². The van der Waals surface area contributed by atoms with Gasteiger partial charge in [0.05, 0.1) is 15.5 Å². The van der Waals surface area contributed by atoms with Gasteiger partial charge in [0.15, 0.2) is 0 Å². The third kappa shape index (κ3) is 5.22. The lowest BCUT2D eigenvalue weighted by Crippen LogP contribution is -2.50. The summed E-state index contributed by atoms with van der Waals surface area (Å²) >= 11 is 0. The van der Waals surface area contributed by atoms with E-state index >= 15 is 0 Å². The normalized spacial score (nSPS) is 14.4. The number of amides is 2. The fourth-order valence-corrected chi connectivity index (χ4v) is 5.18. The maximum Gasteiger partial charge on any atom is 0.322 e. The fourth-order valence-electron chi connectivity index (χ4n) is 3.70. The molecule has 2 aromatic carbocycles. The van der Waals surface area contributed by atoms with E-state index < -0.39 is 26.8 Å². The summed E-state index contributed by atoms with van der Waals surface area (Å²) in [7, 11) is -3.84. The number of urea groups is 1. The van der Waals surface area contributed by atoms with E-state index in [0.717, 1.165) is 6.07 Å². The lowest BCUT2D eigenvalue weighted by atomic mass is 10.2. The van der Waals surface area contributed by atoms with Gasteiger partial charge < -0.3 is 15.1 Å². The molecule has 0 atom stereocenters. The standard InChI is InChI=1S/C21H26FN5O5S/c1-3-26(4-2)33(31,32)16-9-10-19(20(15-16)27(29)30)24-11-13-25(14-12-24)21(28)23-18-8-6-5-7-17(18)22/h5-10,15H,3-4,11-14H2,1-2H3,(H,23,28). The summed E-state index contributed by atoms with van der Waals surface area (Å²) in [4.78, 5) is 26.7. The monoisotopic (exact) mass is 479 g/mol. The minimum Gasteiger partial charge on any atom is -0.362 e. The molecular weight excluding hydrogens is 453 g/mol. The molecule has 3 rings (SSSR count). The van der Waals surface area contributed by atoms with Crippen LogP contribution in [-0.2, 0) is 10.0 Å². The number of hydrogen-bond acceptors (Lipinski definition) is 6. The van der Waals surface area contributed by atoms with E-state index in [1.807, 2.05) is 0 Å². The first-order valence-corrected chi connectivity index (χ1v) is 12.0. The number of piperazine rings is 1. The van der Waals surface area contributed by atoms with E-state index in [1.165, 1.54) is 39.5 Å². The average Bonchev–Trinajstić information content (AvgIpc) is 2.80. The summed E-state index contributed by atoms with van der Waals surface area (Å²) < 4.78 is 40.5. The highest BCUT2D eigenvalue weighted by Gasteiger charge is 2.29. The minimum absolute atomic E-state index is 0.0746. The molecule has 2 amide bonds. The van der Waals surface area contributed by atoms with Gasteiger partial charge in [-0.05, 0) is 24.3 Å². The third-order valence-electron chi connectivity index (χ3n) is 5.51. The SMILES string of the molecule is CCN(CC)S(=O)(=O)c1ccc(N2CCN(C(=O)Nc3ccccc3F)CC2)c([N+](=O)[O-])c1. The van der Waals surface area contributed by atoms with Gasteiger partial charge >= 0.3 is 6.03 Å². The van der Waals surface area contributed by atoms with E-state index in [0.29, 0.717) is 13.1 Å². The second kappa shape index (κ2) is 10.1. The number of para-hydroxylation sites is 1. The molecule has 0 aromatic heterocycles. The number of rotatable bonds is 7. The maximum absolute atomic E-state index is 13.8. The predicted octanol–water partition coefficient (Wildman–Crippen LogP) is 3.12. The lowest BCUT2D eigenvalue weighted by Gasteiger charge is -2.35. The number of nitro benzene ring substituents is 1. The molecule has 1 aliphatic heterocycles. The molecule has 0 spiro atoms. The van der Waals surface area contributed by atoms with Crippen LogP contribution in [-0.4, -0.2) is 67.8 Å². The van der Waals surface area contributed by atoms with E-state index in [9.17, 15) is 27.7 Å². The number of nitrogens with one attached hydrogen (secondary N) is 1. The molecule has 1 N–H and O–H groups in total. The van der Waals surface area contributed by atoms with E-state index in [4.69, 9.17) is 0 Å². The number of hydrogen-bond donors (Lipinski definition) is 1. The highest BCUT2D eigenvalue weighted by atomic mass is 32.2. The Hall–Kier alpha value is -3.25. The maximum atomic E-state index is 13.8. The molecular formula is C21H26FN5O5S. The average molecular weight is 480 g/mol. The van der Waals surface area contributed by atoms with Crippen molar-refractivity contribution < 1.29 is 22.5 Å². The first kappa shape index (κ1) is 24.4. The smallest absolute Gasteiger partial charge is 0.322 e. The molecule has 1 aliphatic rings. The van der Waals surface area contributed by atoms with Crippen LogP contribution < -0.4 is 10.2 Å². The second-order valence-electron chi connectivity index (χ2n) is 7.38. The van der Waals surface area contributed by atoms with Crippen LogP contribution in [0.3, 0.4) is 0 Å². The van der Waals surface area contributed by atoms with Crippen LogP contribution in [0, 0.1) is 15.9 Å². The van der Waals surface area contributed by atoms with Crippen LogP contribution in [0.4, 0.5) is 26.2 Å². The molecule has 10 nitrogen and oxygen atoms in total. The fraction of sp³-hybridized carbons (Fsp3) is 0.381. The van der Waals surface area contributed by atoms with Crippen molar-refractivity contribution in [1.29, 1.82) is 0 Å². The highest BCUT2D eigenvalue weighted by molar-refractivity contribution is 7.89. The van der Waals surface area contributed by atoms with Crippen LogP contribution in [0.5, 0.6) is 0 Å². The summed E-state index contributed by atoms with van der Waals surface area (Å²) in [6.07, 6.45) is 0. The summed E-state index contributed by atoms with van der Waals surface area (Å²) in [6.45, 7) is 5.03. The molecule has 1 heterocycles. The van der Waals surface area contributed by atoms with Crippen LogP contribution >= 0.6 is 0 Å². The van der Waals surface area contributed by atoms with Gasteiger partial charge in [0.1, 0.15) is 11.5 Å². The van der Waals surface area contributed by atoms with Gasteiger partial charge in [-0.3, -0.25) is 10.1 Å². The number of carbonyl (C=O) groups is 1. The second-order valence-corrected chi connectivity index (χ2v) is 9.32. The van der Waals surface area contributed by atoms with E-state index in [1.54, 1.807) is 24.8 Å². The van der Waals surface area contributed by atoms with Crippen LogP contribution in [0.15, 0.2) is 47.4 Å². The van der Waals surface area contributed by atoms with Gasteiger partial charge in [-0.15, -0.1) is 0 Å². The number of carbonyl (C=O) groups excluding carboxylic acids is 1. The number of halogens is 1. The molecule has 12 heteroatoms. The summed E-state index contributed by atoms with van der Waals surface area (Å²) in [5.74, 6) is -0.542. The quantitative estimate of drug-likeness (QED) is 0.482. The van der Waals surface area contributed by atoms with E-state index in [2.05, 4.69) is 5.32 Å². The molecule has 1 fully saturated rings. The first-order chi connectivity index (χ1) is 15.7. The van der Waals surface area contributed by atoms with Crippen LogP contribution in [0.1, 0.15) is 13.8 Å². The van der Waals surface area contributed by atoms with Crippen molar-refractivity contribution in [2.45, 2.75) is 18.7 Å². The van der Waals surface area contributed by atoms with Crippen molar-refractivity contribution in [3.63, 3.8) is 0 Å². The summed E-state index contributed by atoms with van der Waals surface area (Å²) in [5.41, 5.74) is 0.0470. The van der Waals surface area contributed by atoms with Gasteiger partial charge in [0.2, 0.25) is 10.0 Å². The Morgan fingerprint density at radius 1 is 1.12 bits per heavy atom. The van der Waals surface area contributed by atoms with Crippen LogP contribution in [0.2, 0.25) is 0 Å². The number of sulfonamides is 1. The Morgan fingerprint density at radius 2 is 1.76 bits per heavy atom. The zero-order valence-electron chi connectivity index (χ0n) is 18.4. The molecule has 0 bridgehead atoms. The Kier molecular flexibility index (Phi) is 7.49. The van der Waals surface area contributed by atoms with Gasteiger partial charge in [-0.1, -0.05) is 26.0 Å². The number of nitro groups is 1. The molecule has 0 saturated carbocycles. The topological polar surface area (TPSA) is 116 Å². The van der Waals surface area contributed by atoms with Crippen molar-refractivity contribution in [3.05, 3.63) is 58.4 Å². The van der Waals surface area contributed by atoms with Gasteiger partial charge in [-0.2, -0.15) is 4.31 Å². The minimum atomic E-state index is -3.84. The molecule has 2 aromatic rings. The Bertz CT molecular complexity index is 1130. The highest BCUT2D eigenvalue weighted by Crippen LogP contribution is 2.32. The van der Waals surface area contributed by atoms with Crippen molar-refractivity contribution in [2.24, 2.45) is 0 Å². The Balaban J connectivity index is 1.75. The van der Waals surface area contributed by atoms with Gasteiger partial charge in [-0.25, -0.2) is 17.6 Å². The van der Waals surface area contributed by atoms with Crippen molar-refractivity contribution in [2.75, 3.05) is 49.5 Å². The zero-order valence-corrected chi connectivity index (χ0v) is 19.2. The molecule has 0 unspecified atom stereocenters. The molecule has 1 saturated heterocycles. The van der Waals surface area contributed by atoms with Crippen molar-refractivity contribution in [3.8, 4) is 0 Å². The summed E-state index contributed by atoms with van der Waals surface area (Å²) in [5, 5.41) is 14.2. The zero-order chi connectivity index (χ0) is 24.2. The number of anilines is 2. The third-order valence-corrected chi connectivity index (χ3v) is 7.56. The number of nitrogens with zero attached hydrogens (tertiary/aromatic N) is 4.